The molecule has 19 heavy (non-hydrogen) atoms. The first-order chi connectivity index (χ1) is 9.00. The van der Waals surface area contributed by atoms with Crippen LogP contribution in [0.5, 0.6) is 5.75 Å². The van der Waals surface area contributed by atoms with Crippen LogP contribution in [-0.2, 0) is 4.79 Å². The summed E-state index contributed by atoms with van der Waals surface area (Å²) in [5, 5.41) is 19.2. The molecule has 1 fully saturated rings. The lowest BCUT2D eigenvalue weighted by Crippen LogP contribution is -2.48. The molecule has 0 unspecified atom stereocenters. The Kier molecular flexibility index (Phi) is 3.95. The van der Waals surface area contributed by atoms with Crippen molar-refractivity contribution in [2.45, 2.75) is 25.3 Å². The maximum atomic E-state index is 12.3. The number of hydrogen-bond acceptors (Lipinski definition) is 3. The molecule has 5 nitrogen and oxygen atoms in total. The SMILES string of the molecule is O=C(O)[C@@H]1CCCCN1C(=O)c1ccc(Cl)cc1O. The lowest BCUT2D eigenvalue weighted by molar-refractivity contribution is -0.143. The number of likely N-dealkylation sites (tertiary alicyclic amines) is 1. The van der Waals surface area contributed by atoms with Crippen LogP contribution in [-0.4, -0.2) is 39.6 Å². The van der Waals surface area contributed by atoms with E-state index in [-0.39, 0.29) is 11.3 Å². The molecule has 1 amide bonds. The molecule has 1 heterocycles. The predicted octanol–water partition coefficient (Wildman–Crippen LogP) is 2.12. The molecule has 102 valence electrons. The number of hydrogen-bond donors (Lipinski definition) is 2. The van der Waals surface area contributed by atoms with Crippen LogP contribution in [0, 0.1) is 0 Å². The van der Waals surface area contributed by atoms with Gasteiger partial charge in [0.2, 0.25) is 0 Å². The van der Waals surface area contributed by atoms with Crippen LogP contribution in [0.15, 0.2) is 18.2 Å². The largest absolute Gasteiger partial charge is 0.507 e. The molecule has 2 rings (SSSR count). The van der Waals surface area contributed by atoms with Gasteiger partial charge >= 0.3 is 5.97 Å². The molecule has 1 aliphatic rings. The van der Waals surface area contributed by atoms with E-state index < -0.39 is 17.9 Å². The van der Waals surface area contributed by atoms with Crippen molar-refractivity contribution in [3.05, 3.63) is 28.8 Å². The third kappa shape index (κ3) is 2.81. The summed E-state index contributed by atoms with van der Waals surface area (Å²) in [5.41, 5.74) is 0.0811. The standard InChI is InChI=1S/C13H14ClNO4/c14-8-4-5-9(11(16)7-8)12(17)15-6-2-1-3-10(15)13(18)19/h4-5,7,10,16H,1-3,6H2,(H,18,19)/t10-/m0/s1. The molecule has 0 aliphatic carbocycles. The van der Waals surface area contributed by atoms with Crippen LogP contribution in [0.2, 0.25) is 5.02 Å². The molecule has 1 aliphatic heterocycles. The molecule has 0 aromatic heterocycles. The van der Waals surface area contributed by atoms with Crippen LogP contribution in [0.1, 0.15) is 29.6 Å². The Morgan fingerprint density at radius 1 is 1.32 bits per heavy atom. The Labute approximate surface area is 115 Å². The van der Waals surface area contributed by atoms with Gasteiger partial charge in [-0.15, -0.1) is 0 Å². The minimum Gasteiger partial charge on any atom is -0.507 e. The number of rotatable bonds is 2. The molecule has 0 radical (unpaired) electrons. The van der Waals surface area contributed by atoms with Crippen molar-refractivity contribution < 1.29 is 19.8 Å². The first-order valence-corrected chi connectivity index (χ1v) is 6.41. The van der Waals surface area contributed by atoms with Gasteiger partial charge in [-0.1, -0.05) is 11.6 Å². The number of aromatic hydroxyl groups is 1. The summed E-state index contributed by atoms with van der Waals surface area (Å²) in [6.45, 7) is 0.387. The summed E-state index contributed by atoms with van der Waals surface area (Å²) < 4.78 is 0. The molecular weight excluding hydrogens is 270 g/mol. The summed E-state index contributed by atoms with van der Waals surface area (Å²) in [6.07, 6.45) is 1.99. The van der Waals surface area contributed by atoms with Crippen molar-refractivity contribution in [1.29, 1.82) is 0 Å². The summed E-state index contributed by atoms with van der Waals surface area (Å²) >= 11 is 5.71. The smallest absolute Gasteiger partial charge is 0.326 e. The molecule has 0 spiro atoms. The highest BCUT2D eigenvalue weighted by atomic mass is 35.5. The summed E-state index contributed by atoms with van der Waals surface area (Å²) in [5.74, 6) is -1.71. The highest BCUT2D eigenvalue weighted by Gasteiger charge is 2.33. The summed E-state index contributed by atoms with van der Waals surface area (Å²) in [7, 11) is 0. The number of phenolic OH excluding ortho intramolecular Hbond substituents is 1. The molecular formula is C13H14ClNO4. The normalized spacial score (nSPS) is 19.2. The van der Waals surface area contributed by atoms with Gasteiger partial charge in [0.15, 0.2) is 0 Å². The van der Waals surface area contributed by atoms with E-state index in [1.54, 1.807) is 0 Å². The highest BCUT2D eigenvalue weighted by Crippen LogP contribution is 2.26. The van der Waals surface area contributed by atoms with Crippen LogP contribution >= 0.6 is 11.6 Å². The highest BCUT2D eigenvalue weighted by molar-refractivity contribution is 6.30. The third-order valence-corrected chi connectivity index (χ3v) is 3.47. The fourth-order valence-electron chi connectivity index (χ4n) is 2.27. The second-order valence-corrected chi connectivity index (χ2v) is 4.95. The van der Waals surface area contributed by atoms with E-state index in [0.29, 0.717) is 18.0 Å². The van der Waals surface area contributed by atoms with E-state index in [4.69, 9.17) is 16.7 Å². The van der Waals surface area contributed by atoms with Gasteiger partial charge in [-0.25, -0.2) is 4.79 Å². The molecule has 1 aromatic rings. The van der Waals surface area contributed by atoms with E-state index in [2.05, 4.69) is 0 Å². The number of nitrogens with zero attached hydrogens (tertiary/aromatic N) is 1. The molecule has 6 heteroatoms. The fourth-order valence-corrected chi connectivity index (χ4v) is 2.44. The number of carboxylic acid groups (broad SMARTS) is 1. The Balaban J connectivity index is 2.28. The molecule has 1 aromatic carbocycles. The minimum absolute atomic E-state index is 0.0811. The lowest BCUT2D eigenvalue weighted by atomic mass is 10.0. The van der Waals surface area contributed by atoms with Gasteiger partial charge in [0.25, 0.3) is 5.91 Å². The maximum absolute atomic E-state index is 12.3. The number of piperidine rings is 1. The Morgan fingerprint density at radius 3 is 2.68 bits per heavy atom. The van der Waals surface area contributed by atoms with Crippen LogP contribution in [0.3, 0.4) is 0 Å². The van der Waals surface area contributed by atoms with Gasteiger partial charge in [-0.2, -0.15) is 0 Å². The van der Waals surface area contributed by atoms with Crippen LogP contribution < -0.4 is 0 Å². The Bertz CT molecular complexity index is 517. The number of phenols is 1. The minimum atomic E-state index is -1.01. The molecule has 1 saturated heterocycles. The van der Waals surface area contributed by atoms with Crippen molar-refractivity contribution >= 4 is 23.5 Å². The molecule has 1 atom stereocenters. The van der Waals surface area contributed by atoms with Gasteiger partial charge in [0, 0.05) is 11.6 Å². The Morgan fingerprint density at radius 2 is 2.05 bits per heavy atom. The first kappa shape index (κ1) is 13.7. The maximum Gasteiger partial charge on any atom is 0.326 e. The van der Waals surface area contributed by atoms with Gasteiger partial charge in [0.05, 0.1) is 5.56 Å². The number of carbonyl (C=O) groups excluding carboxylic acids is 1. The molecule has 0 bridgehead atoms. The fraction of sp³-hybridized carbons (Fsp3) is 0.385. The average Bonchev–Trinajstić information content (AvgIpc) is 2.38. The van der Waals surface area contributed by atoms with Crippen LogP contribution in [0.25, 0.3) is 0 Å². The topological polar surface area (TPSA) is 77.8 Å². The van der Waals surface area contributed by atoms with Crippen molar-refractivity contribution in [3.8, 4) is 5.75 Å². The first-order valence-electron chi connectivity index (χ1n) is 6.03. The van der Waals surface area contributed by atoms with E-state index in [1.165, 1.54) is 23.1 Å². The third-order valence-electron chi connectivity index (χ3n) is 3.24. The zero-order valence-electron chi connectivity index (χ0n) is 10.2. The van der Waals surface area contributed by atoms with E-state index in [0.717, 1.165) is 12.8 Å². The summed E-state index contributed by atoms with van der Waals surface area (Å²) in [6, 6.07) is 3.35. The van der Waals surface area contributed by atoms with Crippen molar-refractivity contribution in [3.63, 3.8) is 0 Å². The quantitative estimate of drug-likeness (QED) is 0.871. The van der Waals surface area contributed by atoms with E-state index in [9.17, 15) is 14.7 Å². The van der Waals surface area contributed by atoms with Gasteiger partial charge in [0.1, 0.15) is 11.8 Å². The van der Waals surface area contributed by atoms with E-state index >= 15 is 0 Å². The zero-order chi connectivity index (χ0) is 14.0. The van der Waals surface area contributed by atoms with Crippen molar-refractivity contribution in [2.24, 2.45) is 0 Å². The second kappa shape index (κ2) is 5.48. The average molecular weight is 284 g/mol. The number of carboxylic acids is 1. The van der Waals surface area contributed by atoms with Gasteiger partial charge < -0.3 is 15.1 Å². The number of aliphatic carboxylic acids is 1. The van der Waals surface area contributed by atoms with Crippen LogP contribution in [0.4, 0.5) is 0 Å². The number of halogens is 1. The molecule has 0 saturated carbocycles. The van der Waals surface area contributed by atoms with Gasteiger partial charge in [-0.05, 0) is 37.5 Å². The number of carbonyl (C=O) groups is 2. The van der Waals surface area contributed by atoms with Crippen molar-refractivity contribution in [1.82, 2.24) is 4.90 Å². The predicted molar refractivity (Wildman–Crippen MR) is 69.4 cm³/mol. The van der Waals surface area contributed by atoms with Crippen molar-refractivity contribution in [2.75, 3.05) is 6.54 Å². The number of benzene rings is 1. The second-order valence-electron chi connectivity index (χ2n) is 4.51. The molecule has 2 N–H and O–H groups in total. The van der Waals surface area contributed by atoms with Gasteiger partial charge in [-0.3, -0.25) is 4.79 Å². The number of amides is 1. The Hall–Kier alpha value is -1.75. The zero-order valence-corrected chi connectivity index (χ0v) is 10.9. The lowest BCUT2D eigenvalue weighted by Gasteiger charge is -2.33. The van der Waals surface area contributed by atoms with E-state index in [1.807, 2.05) is 0 Å². The monoisotopic (exact) mass is 283 g/mol. The summed E-state index contributed by atoms with van der Waals surface area (Å²) in [4.78, 5) is 24.8.